The van der Waals surface area contributed by atoms with Crippen LogP contribution in [0.1, 0.15) is 12.5 Å². The number of fused-ring (bicyclic) bond motifs is 1. The SMILES string of the molecule is CC[NH+]1CC[NH+](Cc2c(-c3ccccc3)[nH]c3ccc(Cl)cc3c2=O)CC1. The summed E-state index contributed by atoms with van der Waals surface area (Å²) in [6, 6.07) is 15.6. The summed E-state index contributed by atoms with van der Waals surface area (Å²) in [4.78, 5) is 20.0. The van der Waals surface area contributed by atoms with Crippen LogP contribution < -0.4 is 15.2 Å². The van der Waals surface area contributed by atoms with Crippen LogP contribution in [0.25, 0.3) is 22.2 Å². The third-order valence-corrected chi connectivity index (χ3v) is 5.95. The van der Waals surface area contributed by atoms with Gasteiger partial charge < -0.3 is 14.8 Å². The van der Waals surface area contributed by atoms with Crippen molar-refractivity contribution in [2.24, 2.45) is 0 Å². The molecule has 0 radical (unpaired) electrons. The van der Waals surface area contributed by atoms with E-state index in [1.807, 2.05) is 30.3 Å². The van der Waals surface area contributed by atoms with Gasteiger partial charge >= 0.3 is 0 Å². The van der Waals surface area contributed by atoms with Gasteiger partial charge in [-0.2, -0.15) is 0 Å². The molecule has 4 rings (SSSR count). The van der Waals surface area contributed by atoms with E-state index >= 15 is 0 Å². The third kappa shape index (κ3) is 3.79. The lowest BCUT2D eigenvalue weighted by molar-refractivity contribution is -1.02. The molecule has 3 N–H and O–H groups in total. The van der Waals surface area contributed by atoms with Gasteiger partial charge in [0.25, 0.3) is 0 Å². The molecule has 4 nitrogen and oxygen atoms in total. The van der Waals surface area contributed by atoms with Crippen molar-refractivity contribution in [2.45, 2.75) is 13.5 Å². The zero-order valence-electron chi connectivity index (χ0n) is 15.6. The second-order valence-corrected chi connectivity index (χ2v) is 7.83. The first-order valence-corrected chi connectivity index (χ1v) is 10.1. The lowest BCUT2D eigenvalue weighted by atomic mass is 10.0. The standard InChI is InChI=1S/C22H24ClN3O/c1-2-25-10-12-26(13-11-25)15-19-21(16-6-4-3-5-7-16)24-20-9-8-17(23)14-18(20)22(19)27/h3-9,14H,2,10-13,15H2,1H3,(H,24,27)/p+2. The molecule has 0 aliphatic carbocycles. The number of rotatable bonds is 4. The summed E-state index contributed by atoms with van der Waals surface area (Å²) in [6.07, 6.45) is 0. The van der Waals surface area contributed by atoms with Gasteiger partial charge in [0, 0.05) is 15.9 Å². The largest absolute Gasteiger partial charge is 0.354 e. The second-order valence-electron chi connectivity index (χ2n) is 7.39. The van der Waals surface area contributed by atoms with E-state index in [0.717, 1.165) is 42.0 Å². The Morgan fingerprint density at radius 1 is 1.00 bits per heavy atom. The molecule has 140 valence electrons. The summed E-state index contributed by atoms with van der Waals surface area (Å²) >= 11 is 6.16. The van der Waals surface area contributed by atoms with E-state index in [-0.39, 0.29) is 5.43 Å². The monoisotopic (exact) mass is 383 g/mol. The molecule has 1 aliphatic heterocycles. The summed E-state index contributed by atoms with van der Waals surface area (Å²) in [5.74, 6) is 0. The summed E-state index contributed by atoms with van der Waals surface area (Å²) in [5.41, 5.74) is 3.79. The van der Waals surface area contributed by atoms with Crippen molar-refractivity contribution in [1.29, 1.82) is 0 Å². The van der Waals surface area contributed by atoms with Crippen molar-refractivity contribution < 1.29 is 9.80 Å². The quantitative estimate of drug-likeness (QED) is 0.621. The second kappa shape index (κ2) is 7.85. The number of halogens is 1. The first-order chi connectivity index (χ1) is 13.2. The Hall–Kier alpha value is -2.14. The number of likely N-dealkylation sites (N-methyl/N-ethyl adjacent to an activating group) is 1. The van der Waals surface area contributed by atoms with E-state index in [2.05, 4.69) is 24.0 Å². The van der Waals surface area contributed by atoms with E-state index < -0.39 is 0 Å². The van der Waals surface area contributed by atoms with Crippen molar-refractivity contribution in [1.82, 2.24) is 4.98 Å². The topological polar surface area (TPSA) is 41.7 Å². The molecule has 0 amide bonds. The van der Waals surface area contributed by atoms with Crippen LogP contribution in [0.15, 0.2) is 53.3 Å². The number of hydrogen-bond acceptors (Lipinski definition) is 1. The third-order valence-electron chi connectivity index (χ3n) is 5.72. The molecular weight excluding hydrogens is 358 g/mol. The summed E-state index contributed by atoms with van der Waals surface area (Å²) < 4.78 is 0. The normalized spacial score (nSPS) is 20.1. The van der Waals surface area contributed by atoms with Crippen LogP contribution >= 0.6 is 11.6 Å². The predicted octanol–water partition coefficient (Wildman–Crippen LogP) is 1.15. The Balaban J connectivity index is 1.79. The highest BCUT2D eigenvalue weighted by Crippen LogP contribution is 2.23. The highest BCUT2D eigenvalue weighted by Gasteiger charge is 2.25. The maximum Gasteiger partial charge on any atom is 0.198 e. The minimum Gasteiger partial charge on any atom is -0.354 e. The zero-order valence-corrected chi connectivity index (χ0v) is 16.4. The van der Waals surface area contributed by atoms with Gasteiger partial charge in [-0.05, 0) is 30.7 Å². The van der Waals surface area contributed by atoms with Crippen LogP contribution in [0, 0.1) is 0 Å². The molecule has 1 aliphatic rings. The molecule has 1 aromatic heterocycles. The smallest absolute Gasteiger partial charge is 0.198 e. The van der Waals surface area contributed by atoms with Crippen molar-refractivity contribution in [3.8, 4) is 11.3 Å². The Bertz CT molecular complexity index is 992. The Labute approximate surface area is 164 Å². The van der Waals surface area contributed by atoms with Crippen molar-refractivity contribution in [3.05, 3.63) is 69.3 Å². The summed E-state index contributed by atoms with van der Waals surface area (Å²) in [7, 11) is 0. The van der Waals surface area contributed by atoms with Crippen LogP contribution in [0.3, 0.4) is 0 Å². The average molecular weight is 384 g/mol. The molecule has 2 heterocycles. The maximum atomic E-state index is 13.4. The van der Waals surface area contributed by atoms with Gasteiger partial charge in [-0.3, -0.25) is 4.79 Å². The molecule has 0 spiro atoms. The van der Waals surface area contributed by atoms with Crippen molar-refractivity contribution in [2.75, 3.05) is 32.7 Å². The van der Waals surface area contributed by atoms with Crippen molar-refractivity contribution in [3.63, 3.8) is 0 Å². The number of benzene rings is 2. The van der Waals surface area contributed by atoms with Gasteiger partial charge in [0.1, 0.15) is 32.7 Å². The van der Waals surface area contributed by atoms with Crippen LogP contribution in [-0.2, 0) is 6.54 Å². The molecule has 0 unspecified atom stereocenters. The van der Waals surface area contributed by atoms with Crippen LogP contribution in [0.2, 0.25) is 5.02 Å². The molecule has 0 atom stereocenters. The lowest BCUT2D eigenvalue weighted by Gasteiger charge is -2.29. The molecule has 0 saturated carbocycles. The number of H-pyrrole nitrogens is 1. The number of hydrogen-bond donors (Lipinski definition) is 3. The number of piperazine rings is 1. The molecule has 3 aromatic rings. The highest BCUT2D eigenvalue weighted by molar-refractivity contribution is 6.31. The Kier molecular flexibility index (Phi) is 5.30. The molecule has 5 heteroatoms. The number of aromatic nitrogens is 1. The van der Waals surface area contributed by atoms with E-state index in [1.165, 1.54) is 24.5 Å². The lowest BCUT2D eigenvalue weighted by Crippen LogP contribution is -3.27. The van der Waals surface area contributed by atoms with Crippen LogP contribution in [0.5, 0.6) is 0 Å². The zero-order chi connectivity index (χ0) is 18.8. The number of nitrogens with one attached hydrogen (secondary N) is 3. The Morgan fingerprint density at radius 2 is 1.70 bits per heavy atom. The van der Waals surface area contributed by atoms with Gasteiger partial charge in [0.2, 0.25) is 0 Å². The molecule has 27 heavy (non-hydrogen) atoms. The fourth-order valence-corrected chi connectivity index (χ4v) is 4.23. The fourth-order valence-electron chi connectivity index (χ4n) is 4.06. The molecule has 1 fully saturated rings. The van der Waals surface area contributed by atoms with Crippen LogP contribution in [0.4, 0.5) is 0 Å². The summed E-state index contributed by atoms with van der Waals surface area (Å²) in [5, 5.41) is 1.27. The maximum absolute atomic E-state index is 13.4. The number of aromatic amines is 1. The highest BCUT2D eigenvalue weighted by atomic mass is 35.5. The van der Waals surface area contributed by atoms with Crippen molar-refractivity contribution >= 4 is 22.5 Å². The van der Waals surface area contributed by atoms with Gasteiger partial charge in [-0.25, -0.2) is 0 Å². The predicted molar refractivity (Wildman–Crippen MR) is 111 cm³/mol. The van der Waals surface area contributed by atoms with Gasteiger partial charge in [0.05, 0.1) is 17.8 Å². The van der Waals surface area contributed by atoms with Gasteiger partial charge in [0.15, 0.2) is 5.43 Å². The van der Waals surface area contributed by atoms with Crippen LogP contribution in [-0.4, -0.2) is 37.7 Å². The fraction of sp³-hybridized carbons (Fsp3) is 0.318. The average Bonchev–Trinajstić information content (AvgIpc) is 2.71. The van der Waals surface area contributed by atoms with E-state index in [9.17, 15) is 4.79 Å². The van der Waals surface area contributed by atoms with E-state index in [0.29, 0.717) is 10.4 Å². The molecule has 1 saturated heterocycles. The van der Waals surface area contributed by atoms with Gasteiger partial charge in [-0.15, -0.1) is 0 Å². The first-order valence-electron chi connectivity index (χ1n) is 9.72. The Morgan fingerprint density at radius 3 is 2.41 bits per heavy atom. The molecule has 0 bridgehead atoms. The van der Waals surface area contributed by atoms with E-state index in [1.54, 1.807) is 11.0 Å². The first kappa shape index (κ1) is 18.2. The minimum absolute atomic E-state index is 0.0999. The molecular formula is C22H26ClN3O+2. The van der Waals surface area contributed by atoms with Gasteiger partial charge in [-0.1, -0.05) is 41.9 Å². The summed E-state index contributed by atoms with van der Waals surface area (Å²) in [6.45, 7) is 8.71. The minimum atomic E-state index is 0.0999. The van der Waals surface area contributed by atoms with E-state index in [4.69, 9.17) is 11.6 Å². The number of quaternary nitrogens is 2. The number of pyridine rings is 1. The molecule has 2 aromatic carbocycles.